The summed E-state index contributed by atoms with van der Waals surface area (Å²) < 4.78 is 5.41. The Kier molecular flexibility index (Phi) is 5.81. The first-order valence-electron chi connectivity index (χ1n) is 9.36. The van der Waals surface area contributed by atoms with E-state index in [2.05, 4.69) is 4.90 Å². The van der Waals surface area contributed by atoms with Crippen molar-refractivity contribution in [3.63, 3.8) is 0 Å². The van der Waals surface area contributed by atoms with Gasteiger partial charge in [0.1, 0.15) is 5.76 Å². The number of β-amino-alcohol motifs (C(OH)–C–C–N with tert-alkyl or cyclic N) is 1. The van der Waals surface area contributed by atoms with Crippen molar-refractivity contribution in [2.24, 2.45) is 5.92 Å². The standard InChI is InChI=1S/C19H31N3O3/c1-20(2)14-19(24)8-4-9-22(15-19)18(23)16-6-10-21(11-7-16)13-17-5-3-12-25-17/h3,5,12,16,24H,4,6-11,13-15H2,1-2H3/t19-/m1/s1. The Morgan fingerprint density at radius 1 is 1.36 bits per heavy atom. The van der Waals surface area contributed by atoms with Gasteiger partial charge in [0.2, 0.25) is 5.91 Å². The number of carbonyl (C=O) groups is 1. The molecule has 0 aliphatic carbocycles. The molecule has 1 aromatic heterocycles. The monoisotopic (exact) mass is 349 g/mol. The lowest BCUT2D eigenvalue weighted by atomic mass is 9.89. The van der Waals surface area contributed by atoms with E-state index in [-0.39, 0.29) is 11.8 Å². The zero-order chi connectivity index (χ0) is 17.9. The summed E-state index contributed by atoms with van der Waals surface area (Å²) in [6.45, 7) is 4.52. The van der Waals surface area contributed by atoms with E-state index >= 15 is 0 Å². The minimum atomic E-state index is -0.766. The van der Waals surface area contributed by atoms with Crippen molar-refractivity contribution in [1.82, 2.24) is 14.7 Å². The van der Waals surface area contributed by atoms with Crippen molar-refractivity contribution in [3.05, 3.63) is 24.2 Å². The maximum absolute atomic E-state index is 12.9. The number of furan rings is 1. The quantitative estimate of drug-likeness (QED) is 0.871. The largest absolute Gasteiger partial charge is 0.468 e. The van der Waals surface area contributed by atoms with Gasteiger partial charge in [-0.3, -0.25) is 9.69 Å². The SMILES string of the molecule is CN(C)C[C@]1(O)CCCN(C(=O)C2CCN(Cc3ccco3)CC2)C1. The Labute approximate surface area is 150 Å². The highest BCUT2D eigenvalue weighted by Crippen LogP contribution is 2.26. The first-order valence-corrected chi connectivity index (χ1v) is 9.36. The van der Waals surface area contributed by atoms with Crippen LogP contribution in [0.1, 0.15) is 31.4 Å². The van der Waals surface area contributed by atoms with E-state index in [1.807, 2.05) is 36.0 Å². The van der Waals surface area contributed by atoms with Crippen LogP contribution < -0.4 is 0 Å². The highest BCUT2D eigenvalue weighted by atomic mass is 16.3. The molecule has 25 heavy (non-hydrogen) atoms. The van der Waals surface area contributed by atoms with Crippen LogP contribution in [0.2, 0.25) is 0 Å². The predicted octanol–water partition coefficient (Wildman–Crippen LogP) is 1.41. The number of likely N-dealkylation sites (N-methyl/N-ethyl adjacent to an activating group) is 1. The fraction of sp³-hybridized carbons (Fsp3) is 0.737. The molecular formula is C19H31N3O3. The van der Waals surface area contributed by atoms with Crippen molar-refractivity contribution in [3.8, 4) is 0 Å². The first-order chi connectivity index (χ1) is 12.0. The van der Waals surface area contributed by atoms with Gasteiger partial charge in [0, 0.05) is 19.0 Å². The number of amides is 1. The highest BCUT2D eigenvalue weighted by molar-refractivity contribution is 5.79. The van der Waals surface area contributed by atoms with E-state index in [0.29, 0.717) is 13.1 Å². The summed E-state index contributed by atoms with van der Waals surface area (Å²) in [4.78, 5) is 19.2. The fourth-order valence-electron chi connectivity index (χ4n) is 4.24. The number of carbonyl (C=O) groups excluding carboxylic acids is 1. The fourth-order valence-corrected chi connectivity index (χ4v) is 4.24. The summed E-state index contributed by atoms with van der Waals surface area (Å²) in [6.07, 6.45) is 5.14. The van der Waals surface area contributed by atoms with Gasteiger partial charge in [0.05, 0.1) is 25.0 Å². The zero-order valence-electron chi connectivity index (χ0n) is 15.5. The van der Waals surface area contributed by atoms with Gasteiger partial charge in [0.15, 0.2) is 0 Å². The van der Waals surface area contributed by atoms with E-state index in [1.54, 1.807) is 6.26 Å². The second-order valence-corrected chi connectivity index (χ2v) is 7.96. The Balaban J connectivity index is 1.50. The van der Waals surface area contributed by atoms with Crippen LogP contribution in [0.25, 0.3) is 0 Å². The number of rotatable bonds is 5. The van der Waals surface area contributed by atoms with Gasteiger partial charge in [-0.2, -0.15) is 0 Å². The van der Waals surface area contributed by atoms with Gasteiger partial charge in [-0.15, -0.1) is 0 Å². The average Bonchev–Trinajstić information content (AvgIpc) is 3.07. The summed E-state index contributed by atoms with van der Waals surface area (Å²) in [5.41, 5.74) is -0.766. The molecule has 0 unspecified atom stereocenters. The van der Waals surface area contributed by atoms with Crippen molar-refractivity contribution < 1.29 is 14.3 Å². The molecule has 0 spiro atoms. The molecular weight excluding hydrogens is 318 g/mol. The Morgan fingerprint density at radius 2 is 2.12 bits per heavy atom. The number of hydrogen-bond donors (Lipinski definition) is 1. The van der Waals surface area contributed by atoms with E-state index in [0.717, 1.165) is 57.6 Å². The van der Waals surface area contributed by atoms with Crippen molar-refractivity contribution in [2.75, 3.05) is 46.8 Å². The molecule has 1 N–H and O–H groups in total. The third-order valence-corrected chi connectivity index (χ3v) is 5.37. The van der Waals surface area contributed by atoms with Gasteiger partial charge in [-0.25, -0.2) is 0 Å². The molecule has 2 saturated heterocycles. The van der Waals surface area contributed by atoms with E-state index < -0.39 is 5.60 Å². The molecule has 2 fully saturated rings. The molecule has 1 atom stereocenters. The van der Waals surface area contributed by atoms with E-state index in [4.69, 9.17) is 4.42 Å². The smallest absolute Gasteiger partial charge is 0.225 e. The Morgan fingerprint density at radius 3 is 2.76 bits per heavy atom. The minimum Gasteiger partial charge on any atom is -0.468 e. The molecule has 1 aromatic rings. The number of piperidine rings is 2. The van der Waals surface area contributed by atoms with Crippen LogP contribution >= 0.6 is 0 Å². The van der Waals surface area contributed by atoms with Crippen LogP contribution in [0, 0.1) is 5.92 Å². The molecule has 2 aliphatic rings. The number of nitrogens with zero attached hydrogens (tertiary/aromatic N) is 3. The van der Waals surface area contributed by atoms with Gasteiger partial charge in [0.25, 0.3) is 0 Å². The lowest BCUT2D eigenvalue weighted by molar-refractivity contribution is -0.145. The summed E-state index contributed by atoms with van der Waals surface area (Å²) in [6, 6.07) is 3.91. The van der Waals surface area contributed by atoms with Crippen LogP contribution in [-0.2, 0) is 11.3 Å². The summed E-state index contributed by atoms with van der Waals surface area (Å²) in [7, 11) is 3.93. The minimum absolute atomic E-state index is 0.0922. The number of hydrogen-bond acceptors (Lipinski definition) is 5. The molecule has 0 saturated carbocycles. The van der Waals surface area contributed by atoms with Gasteiger partial charge >= 0.3 is 0 Å². The molecule has 6 heteroatoms. The Bertz CT molecular complexity index is 552. The lowest BCUT2D eigenvalue weighted by Crippen LogP contribution is -2.56. The number of likely N-dealkylation sites (tertiary alicyclic amines) is 2. The van der Waals surface area contributed by atoms with Crippen LogP contribution in [0.4, 0.5) is 0 Å². The number of aliphatic hydroxyl groups is 1. The molecule has 1 amide bonds. The summed E-state index contributed by atoms with van der Waals surface area (Å²) in [5.74, 6) is 1.30. The molecule has 0 radical (unpaired) electrons. The van der Waals surface area contributed by atoms with Gasteiger partial charge < -0.3 is 19.3 Å². The highest BCUT2D eigenvalue weighted by Gasteiger charge is 2.38. The summed E-state index contributed by atoms with van der Waals surface area (Å²) in [5, 5.41) is 10.8. The average molecular weight is 349 g/mol. The second-order valence-electron chi connectivity index (χ2n) is 7.96. The van der Waals surface area contributed by atoms with Gasteiger partial charge in [-0.05, 0) is 65.0 Å². The Hall–Kier alpha value is -1.37. The van der Waals surface area contributed by atoms with Gasteiger partial charge in [-0.1, -0.05) is 0 Å². The van der Waals surface area contributed by atoms with Crippen molar-refractivity contribution in [1.29, 1.82) is 0 Å². The topological polar surface area (TPSA) is 60.2 Å². The molecule has 3 rings (SSSR count). The molecule has 2 aliphatic heterocycles. The maximum atomic E-state index is 12.9. The normalized spacial score (nSPS) is 26.3. The van der Waals surface area contributed by atoms with Crippen LogP contribution in [-0.4, -0.2) is 78.1 Å². The third kappa shape index (κ3) is 4.84. The van der Waals surface area contributed by atoms with Crippen molar-refractivity contribution >= 4 is 5.91 Å². The molecule has 140 valence electrons. The van der Waals surface area contributed by atoms with Crippen molar-refractivity contribution in [2.45, 2.75) is 37.8 Å². The van der Waals surface area contributed by atoms with E-state index in [9.17, 15) is 9.90 Å². The first kappa shape index (κ1) is 18.4. The predicted molar refractivity (Wildman–Crippen MR) is 96.0 cm³/mol. The third-order valence-electron chi connectivity index (χ3n) is 5.37. The van der Waals surface area contributed by atoms with Crippen LogP contribution in [0.3, 0.4) is 0 Å². The summed E-state index contributed by atoms with van der Waals surface area (Å²) >= 11 is 0. The molecule has 0 bridgehead atoms. The van der Waals surface area contributed by atoms with E-state index in [1.165, 1.54) is 0 Å². The molecule has 0 aromatic carbocycles. The van der Waals surface area contributed by atoms with Crippen LogP contribution in [0.15, 0.2) is 22.8 Å². The van der Waals surface area contributed by atoms with Crippen LogP contribution in [0.5, 0.6) is 0 Å². The lowest BCUT2D eigenvalue weighted by Gasteiger charge is -2.42. The molecule has 6 nitrogen and oxygen atoms in total. The zero-order valence-corrected chi connectivity index (χ0v) is 15.5. The molecule has 3 heterocycles. The second kappa shape index (κ2) is 7.89. The maximum Gasteiger partial charge on any atom is 0.225 e.